The van der Waals surface area contributed by atoms with Crippen molar-refractivity contribution in [2.45, 2.75) is 38.4 Å². The van der Waals surface area contributed by atoms with Gasteiger partial charge in [-0.25, -0.2) is 0 Å². The molecule has 0 spiro atoms. The number of halogens is 3. The molecular formula is C13H18F3N3O3. The van der Waals surface area contributed by atoms with Crippen LogP contribution in [0.2, 0.25) is 0 Å². The Kier molecular flexibility index (Phi) is 6.87. The molecule has 0 aliphatic rings. The van der Waals surface area contributed by atoms with Crippen LogP contribution in [0.5, 0.6) is 0 Å². The lowest BCUT2D eigenvalue weighted by Crippen LogP contribution is -2.28. The number of carbonyl (C=O) groups is 2. The van der Waals surface area contributed by atoms with Crippen LogP contribution >= 0.6 is 0 Å². The molecule has 0 fully saturated rings. The first-order chi connectivity index (χ1) is 10.3. The first-order valence-electron chi connectivity index (χ1n) is 6.77. The Balaban J connectivity index is 2.18. The number of methoxy groups -OCH3 is 1. The Bertz CT molecular complexity index is 500. The first kappa shape index (κ1) is 18.0. The van der Waals surface area contributed by atoms with Gasteiger partial charge in [0.2, 0.25) is 5.91 Å². The molecule has 9 heteroatoms. The largest absolute Gasteiger partial charge is 0.469 e. The van der Waals surface area contributed by atoms with E-state index in [4.69, 9.17) is 0 Å². The number of hydrogen-bond acceptors (Lipinski definition) is 4. The van der Waals surface area contributed by atoms with E-state index in [0.717, 1.165) is 23.4 Å². The second kappa shape index (κ2) is 8.40. The van der Waals surface area contributed by atoms with Gasteiger partial charge in [-0.15, -0.1) is 0 Å². The van der Waals surface area contributed by atoms with E-state index in [1.54, 1.807) is 0 Å². The van der Waals surface area contributed by atoms with Crippen molar-refractivity contribution in [2.24, 2.45) is 0 Å². The minimum Gasteiger partial charge on any atom is -0.469 e. The summed E-state index contributed by atoms with van der Waals surface area (Å²) in [7, 11) is 1.32. The van der Waals surface area contributed by atoms with Crippen LogP contribution in [-0.4, -0.2) is 35.3 Å². The second-order valence-corrected chi connectivity index (χ2v) is 4.63. The maximum Gasteiger partial charge on any atom is 0.435 e. The molecule has 0 bridgehead atoms. The summed E-state index contributed by atoms with van der Waals surface area (Å²) in [6.45, 7) is 0.131. The van der Waals surface area contributed by atoms with E-state index in [9.17, 15) is 22.8 Å². The Morgan fingerprint density at radius 1 is 1.32 bits per heavy atom. The summed E-state index contributed by atoms with van der Waals surface area (Å²) in [4.78, 5) is 22.4. The van der Waals surface area contributed by atoms with Crippen molar-refractivity contribution in [2.75, 3.05) is 13.7 Å². The number of ether oxygens (including phenoxy) is 1. The third-order valence-corrected chi connectivity index (χ3v) is 2.84. The number of rotatable bonds is 8. The highest BCUT2D eigenvalue weighted by atomic mass is 19.4. The van der Waals surface area contributed by atoms with Gasteiger partial charge < -0.3 is 10.1 Å². The average Bonchev–Trinajstić information content (AvgIpc) is 2.90. The topological polar surface area (TPSA) is 73.2 Å². The maximum atomic E-state index is 12.3. The second-order valence-electron chi connectivity index (χ2n) is 4.63. The fraction of sp³-hybridized carbons (Fsp3) is 0.615. The van der Waals surface area contributed by atoms with Crippen molar-refractivity contribution in [1.29, 1.82) is 0 Å². The molecule has 1 N–H and O–H groups in total. The molecule has 1 rings (SSSR count). The van der Waals surface area contributed by atoms with E-state index < -0.39 is 17.8 Å². The third-order valence-electron chi connectivity index (χ3n) is 2.84. The smallest absolute Gasteiger partial charge is 0.435 e. The fourth-order valence-electron chi connectivity index (χ4n) is 1.70. The van der Waals surface area contributed by atoms with Crippen LogP contribution in [0, 0.1) is 0 Å². The molecule has 22 heavy (non-hydrogen) atoms. The molecule has 1 aromatic rings. The van der Waals surface area contributed by atoms with Crippen molar-refractivity contribution in [3.63, 3.8) is 0 Å². The number of nitrogens with zero attached hydrogens (tertiary/aromatic N) is 2. The highest BCUT2D eigenvalue weighted by Gasteiger charge is 2.33. The number of amides is 1. The van der Waals surface area contributed by atoms with Gasteiger partial charge in [-0.3, -0.25) is 14.3 Å². The maximum absolute atomic E-state index is 12.3. The fourth-order valence-corrected chi connectivity index (χ4v) is 1.70. The minimum absolute atomic E-state index is 0.266. The molecule has 6 nitrogen and oxygen atoms in total. The number of aromatic nitrogens is 2. The number of unbranched alkanes of at least 4 members (excludes halogenated alkanes) is 2. The summed E-state index contributed by atoms with van der Waals surface area (Å²) < 4.78 is 42.4. The highest BCUT2D eigenvalue weighted by Crippen LogP contribution is 2.27. The number of esters is 1. The predicted molar refractivity (Wildman–Crippen MR) is 70.7 cm³/mol. The van der Waals surface area contributed by atoms with Crippen LogP contribution in [-0.2, 0) is 27.0 Å². The van der Waals surface area contributed by atoms with E-state index in [1.165, 1.54) is 7.11 Å². The quantitative estimate of drug-likeness (QED) is 0.585. The van der Waals surface area contributed by atoms with Crippen LogP contribution < -0.4 is 5.32 Å². The molecule has 124 valence electrons. The van der Waals surface area contributed by atoms with Crippen LogP contribution in [0.1, 0.15) is 31.4 Å². The molecule has 0 aromatic carbocycles. The number of carbonyl (C=O) groups excluding carboxylic acids is 2. The summed E-state index contributed by atoms with van der Waals surface area (Å²) in [6, 6.07) is 0.820. The molecule has 1 heterocycles. The molecule has 0 radical (unpaired) electrons. The van der Waals surface area contributed by atoms with Crippen molar-refractivity contribution in [3.8, 4) is 0 Å². The van der Waals surface area contributed by atoms with Crippen molar-refractivity contribution in [1.82, 2.24) is 15.1 Å². The normalized spacial score (nSPS) is 11.3. The minimum atomic E-state index is -4.51. The molecule has 1 amide bonds. The van der Waals surface area contributed by atoms with Gasteiger partial charge in [0.1, 0.15) is 6.54 Å². The number of alkyl halides is 3. The predicted octanol–water partition coefficient (Wildman–Crippen LogP) is 1.75. The monoisotopic (exact) mass is 321 g/mol. The van der Waals surface area contributed by atoms with Crippen LogP contribution in [0.4, 0.5) is 13.2 Å². The zero-order chi connectivity index (χ0) is 16.6. The average molecular weight is 321 g/mol. The molecule has 0 atom stereocenters. The van der Waals surface area contributed by atoms with Gasteiger partial charge in [0.05, 0.1) is 7.11 Å². The lowest BCUT2D eigenvalue weighted by molar-refractivity contribution is -0.142. The van der Waals surface area contributed by atoms with Gasteiger partial charge in [0, 0.05) is 19.2 Å². The van der Waals surface area contributed by atoms with Crippen LogP contribution in [0.15, 0.2) is 12.3 Å². The van der Waals surface area contributed by atoms with E-state index in [-0.39, 0.29) is 12.5 Å². The van der Waals surface area contributed by atoms with Crippen molar-refractivity contribution >= 4 is 11.9 Å². The van der Waals surface area contributed by atoms with Gasteiger partial charge in [0.15, 0.2) is 5.69 Å². The van der Waals surface area contributed by atoms with Crippen molar-refractivity contribution in [3.05, 3.63) is 18.0 Å². The highest BCUT2D eigenvalue weighted by molar-refractivity contribution is 5.75. The first-order valence-corrected chi connectivity index (χ1v) is 6.77. The molecule has 0 aliphatic heterocycles. The summed E-state index contributed by atoms with van der Waals surface area (Å²) in [5.74, 6) is -0.687. The van der Waals surface area contributed by atoms with E-state index in [1.807, 2.05) is 0 Å². The Morgan fingerprint density at radius 2 is 2.05 bits per heavy atom. The zero-order valence-electron chi connectivity index (χ0n) is 12.2. The SMILES string of the molecule is COC(=O)CCCCCNC(=O)Cn1ccc(C(F)(F)F)n1. The summed E-state index contributed by atoms with van der Waals surface area (Å²) >= 11 is 0. The standard InChI is InChI=1S/C13H18F3N3O3/c1-22-12(21)5-3-2-4-7-17-11(20)9-19-8-6-10(18-19)13(14,15)16/h6,8H,2-5,7,9H2,1H3,(H,17,20). The Hall–Kier alpha value is -2.06. The summed E-state index contributed by atoms with van der Waals surface area (Å²) in [5, 5.41) is 5.87. The number of hydrogen-bond donors (Lipinski definition) is 1. The molecule has 0 unspecified atom stereocenters. The summed E-state index contributed by atoms with van der Waals surface area (Å²) in [5.41, 5.74) is -1.02. The van der Waals surface area contributed by atoms with Gasteiger partial charge >= 0.3 is 12.1 Å². The van der Waals surface area contributed by atoms with Gasteiger partial charge in [-0.1, -0.05) is 6.42 Å². The molecule has 0 aliphatic carbocycles. The van der Waals surface area contributed by atoms with E-state index in [0.29, 0.717) is 25.8 Å². The van der Waals surface area contributed by atoms with Gasteiger partial charge in [-0.05, 0) is 18.9 Å². The Labute approximate surface area is 125 Å². The Morgan fingerprint density at radius 3 is 2.64 bits per heavy atom. The van der Waals surface area contributed by atoms with E-state index >= 15 is 0 Å². The molecule has 1 aromatic heterocycles. The summed E-state index contributed by atoms with van der Waals surface area (Å²) in [6.07, 6.45) is -0.986. The lowest BCUT2D eigenvalue weighted by Gasteiger charge is -2.06. The van der Waals surface area contributed by atoms with E-state index in [2.05, 4.69) is 15.2 Å². The van der Waals surface area contributed by atoms with Gasteiger partial charge in [-0.2, -0.15) is 18.3 Å². The van der Waals surface area contributed by atoms with Crippen LogP contribution in [0.3, 0.4) is 0 Å². The zero-order valence-corrected chi connectivity index (χ0v) is 12.2. The molecule has 0 saturated heterocycles. The molecular weight excluding hydrogens is 303 g/mol. The third kappa shape index (κ3) is 6.59. The van der Waals surface area contributed by atoms with Crippen LogP contribution in [0.25, 0.3) is 0 Å². The van der Waals surface area contributed by atoms with Gasteiger partial charge in [0.25, 0.3) is 0 Å². The molecule has 0 saturated carbocycles. The van der Waals surface area contributed by atoms with Crippen molar-refractivity contribution < 1.29 is 27.5 Å². The number of nitrogens with one attached hydrogen (secondary N) is 1. The lowest BCUT2D eigenvalue weighted by atomic mass is 10.2.